The second kappa shape index (κ2) is 8.81. The quantitative estimate of drug-likeness (QED) is 0.352. The van der Waals surface area contributed by atoms with Crippen molar-refractivity contribution >= 4 is 40.3 Å². The number of halogens is 3. The Kier molecular flexibility index (Phi) is 6.39. The molecule has 0 fully saturated rings. The number of nitrogens with one attached hydrogen (secondary N) is 1. The Labute approximate surface area is 179 Å². The SMILES string of the molecule is COc1ccc(C(=O)c2sc(SC)c(C#N)c2Nc2ccc(C(F)(F)F)cc2)cc1. The molecule has 1 N–H and O–H groups in total. The highest BCUT2D eigenvalue weighted by atomic mass is 32.2. The summed E-state index contributed by atoms with van der Waals surface area (Å²) < 4.78 is 44.2. The van der Waals surface area contributed by atoms with Crippen molar-refractivity contribution in [3.8, 4) is 11.8 Å². The molecule has 0 amide bonds. The van der Waals surface area contributed by atoms with Gasteiger partial charge in [0.05, 0.1) is 22.6 Å². The molecule has 154 valence electrons. The van der Waals surface area contributed by atoms with Crippen molar-refractivity contribution in [1.29, 1.82) is 5.26 Å². The van der Waals surface area contributed by atoms with Gasteiger partial charge < -0.3 is 10.1 Å². The Bertz CT molecular complexity index is 1100. The van der Waals surface area contributed by atoms with E-state index in [1.807, 2.05) is 0 Å². The molecule has 0 saturated heterocycles. The van der Waals surface area contributed by atoms with Crippen molar-refractivity contribution in [1.82, 2.24) is 0 Å². The Morgan fingerprint density at radius 2 is 1.77 bits per heavy atom. The highest BCUT2D eigenvalue weighted by Gasteiger charge is 2.30. The molecule has 2 aromatic carbocycles. The minimum absolute atomic E-state index is 0.282. The molecular weight excluding hydrogens is 433 g/mol. The summed E-state index contributed by atoms with van der Waals surface area (Å²) in [6.45, 7) is 0. The van der Waals surface area contributed by atoms with Gasteiger partial charge in [-0.2, -0.15) is 18.4 Å². The van der Waals surface area contributed by atoms with Crippen LogP contribution in [0.2, 0.25) is 0 Å². The third-order valence-electron chi connectivity index (χ3n) is 4.21. The zero-order chi connectivity index (χ0) is 21.9. The number of thioether (sulfide) groups is 1. The van der Waals surface area contributed by atoms with Crippen LogP contribution in [0.5, 0.6) is 5.75 Å². The third kappa shape index (κ3) is 4.45. The fourth-order valence-electron chi connectivity index (χ4n) is 2.70. The van der Waals surface area contributed by atoms with E-state index in [2.05, 4.69) is 11.4 Å². The molecule has 3 rings (SSSR count). The standard InChI is InChI=1S/C21H15F3N2O2S2/c1-28-15-9-3-12(4-10-15)18(27)19-17(16(11-25)20(29-2)30-19)26-14-7-5-13(6-8-14)21(22,23)24/h3-10,26H,1-2H3. The van der Waals surface area contributed by atoms with Crippen LogP contribution in [-0.2, 0) is 6.18 Å². The van der Waals surface area contributed by atoms with Crippen molar-refractivity contribution in [3.63, 3.8) is 0 Å². The highest BCUT2D eigenvalue weighted by Crippen LogP contribution is 2.41. The van der Waals surface area contributed by atoms with Crippen molar-refractivity contribution in [2.24, 2.45) is 0 Å². The average Bonchev–Trinajstić information content (AvgIpc) is 3.10. The largest absolute Gasteiger partial charge is 0.497 e. The van der Waals surface area contributed by atoms with E-state index in [1.54, 1.807) is 30.5 Å². The maximum absolute atomic E-state index is 13.1. The Balaban J connectivity index is 2.01. The number of benzene rings is 2. The first-order valence-corrected chi connectivity index (χ1v) is 10.6. The lowest BCUT2D eigenvalue weighted by Gasteiger charge is -2.11. The molecule has 30 heavy (non-hydrogen) atoms. The maximum Gasteiger partial charge on any atom is 0.416 e. The predicted octanol–water partition coefficient (Wildman–Crippen LogP) is 6.34. The number of carbonyl (C=O) groups is 1. The van der Waals surface area contributed by atoms with E-state index >= 15 is 0 Å². The Hall–Kier alpha value is -2.96. The van der Waals surface area contributed by atoms with Crippen LogP contribution in [0.4, 0.5) is 24.5 Å². The molecule has 0 bridgehead atoms. The fourth-order valence-corrected chi connectivity index (χ4v) is 4.53. The molecule has 0 saturated carbocycles. The van der Waals surface area contributed by atoms with E-state index in [0.29, 0.717) is 26.1 Å². The number of anilines is 2. The molecular formula is C21H15F3N2O2S2. The van der Waals surface area contributed by atoms with Crippen molar-refractivity contribution < 1.29 is 22.7 Å². The molecule has 0 aliphatic rings. The summed E-state index contributed by atoms with van der Waals surface area (Å²) >= 11 is 2.49. The summed E-state index contributed by atoms with van der Waals surface area (Å²) in [5, 5.41) is 12.6. The van der Waals surface area contributed by atoms with Gasteiger partial charge in [-0.25, -0.2) is 0 Å². The number of ketones is 1. The Morgan fingerprint density at radius 1 is 1.13 bits per heavy atom. The average molecular weight is 448 g/mol. The highest BCUT2D eigenvalue weighted by molar-refractivity contribution is 8.00. The molecule has 1 heterocycles. The van der Waals surface area contributed by atoms with E-state index in [1.165, 1.54) is 42.3 Å². The second-order valence-corrected chi connectivity index (χ2v) is 8.14. The molecule has 1 aromatic heterocycles. The normalized spacial score (nSPS) is 11.1. The van der Waals surface area contributed by atoms with Gasteiger partial charge in [-0.05, 0) is 54.8 Å². The van der Waals surface area contributed by atoms with Crippen LogP contribution in [0.25, 0.3) is 0 Å². The van der Waals surface area contributed by atoms with E-state index in [-0.39, 0.29) is 17.0 Å². The van der Waals surface area contributed by atoms with Crippen LogP contribution in [0.1, 0.15) is 26.4 Å². The summed E-state index contributed by atoms with van der Waals surface area (Å²) in [5.74, 6) is 0.303. The first-order chi connectivity index (χ1) is 14.3. The van der Waals surface area contributed by atoms with Gasteiger partial charge in [0.25, 0.3) is 0 Å². The van der Waals surface area contributed by atoms with E-state index in [9.17, 15) is 23.2 Å². The van der Waals surface area contributed by atoms with Gasteiger partial charge in [0.2, 0.25) is 5.78 Å². The van der Waals surface area contributed by atoms with Crippen molar-refractivity contribution in [3.05, 3.63) is 70.1 Å². The van der Waals surface area contributed by atoms with Gasteiger partial charge in [0.1, 0.15) is 22.3 Å². The first kappa shape index (κ1) is 21.7. The van der Waals surface area contributed by atoms with E-state index in [4.69, 9.17) is 4.74 Å². The lowest BCUT2D eigenvalue weighted by Crippen LogP contribution is -2.05. The summed E-state index contributed by atoms with van der Waals surface area (Å²) in [7, 11) is 1.52. The number of rotatable bonds is 6. The van der Waals surface area contributed by atoms with Crippen molar-refractivity contribution in [2.75, 3.05) is 18.7 Å². The number of nitrogens with zero attached hydrogens (tertiary/aromatic N) is 1. The predicted molar refractivity (Wildman–Crippen MR) is 112 cm³/mol. The zero-order valence-corrected chi connectivity index (χ0v) is 17.5. The number of hydrogen-bond donors (Lipinski definition) is 1. The van der Waals surface area contributed by atoms with E-state index in [0.717, 1.165) is 12.1 Å². The third-order valence-corrected chi connectivity index (χ3v) is 6.52. The number of hydrogen-bond acceptors (Lipinski definition) is 6. The smallest absolute Gasteiger partial charge is 0.416 e. The van der Waals surface area contributed by atoms with Gasteiger partial charge in [-0.3, -0.25) is 4.79 Å². The second-order valence-electron chi connectivity index (χ2n) is 6.04. The maximum atomic E-state index is 13.1. The molecule has 0 aliphatic heterocycles. The molecule has 0 unspecified atom stereocenters. The molecule has 3 aromatic rings. The molecule has 0 aliphatic carbocycles. The number of nitriles is 1. The molecule has 0 spiro atoms. The number of ether oxygens (including phenoxy) is 1. The van der Waals surface area contributed by atoms with Gasteiger partial charge in [0, 0.05) is 11.3 Å². The van der Waals surface area contributed by atoms with Crippen LogP contribution in [0.15, 0.2) is 52.7 Å². The van der Waals surface area contributed by atoms with Gasteiger partial charge in [-0.15, -0.1) is 23.1 Å². The minimum Gasteiger partial charge on any atom is -0.497 e. The van der Waals surface area contributed by atoms with E-state index < -0.39 is 11.7 Å². The van der Waals surface area contributed by atoms with Crippen LogP contribution < -0.4 is 10.1 Å². The number of thiophene rings is 1. The van der Waals surface area contributed by atoms with Gasteiger partial charge >= 0.3 is 6.18 Å². The van der Waals surface area contributed by atoms with Gasteiger partial charge in [0.15, 0.2) is 0 Å². The van der Waals surface area contributed by atoms with Crippen LogP contribution in [0, 0.1) is 11.3 Å². The van der Waals surface area contributed by atoms with Crippen LogP contribution in [0.3, 0.4) is 0 Å². The fraction of sp³-hybridized carbons (Fsp3) is 0.143. The van der Waals surface area contributed by atoms with Crippen LogP contribution in [-0.4, -0.2) is 19.1 Å². The minimum atomic E-state index is -4.44. The molecule has 4 nitrogen and oxygen atoms in total. The zero-order valence-electron chi connectivity index (χ0n) is 15.8. The number of alkyl halides is 3. The number of methoxy groups -OCH3 is 1. The van der Waals surface area contributed by atoms with Crippen LogP contribution >= 0.6 is 23.1 Å². The van der Waals surface area contributed by atoms with Gasteiger partial charge in [-0.1, -0.05) is 0 Å². The first-order valence-electron chi connectivity index (χ1n) is 8.52. The van der Waals surface area contributed by atoms with Crippen molar-refractivity contribution in [2.45, 2.75) is 10.4 Å². The summed E-state index contributed by atoms with van der Waals surface area (Å²) in [6.07, 6.45) is -2.66. The lowest BCUT2D eigenvalue weighted by atomic mass is 10.1. The summed E-state index contributed by atoms with van der Waals surface area (Å²) in [5.41, 5.74) is 0.535. The monoisotopic (exact) mass is 448 g/mol. The number of carbonyl (C=O) groups excluding carboxylic acids is 1. The lowest BCUT2D eigenvalue weighted by molar-refractivity contribution is -0.137. The summed E-state index contributed by atoms with van der Waals surface area (Å²) in [6, 6.07) is 13.1. The Morgan fingerprint density at radius 3 is 2.27 bits per heavy atom. The summed E-state index contributed by atoms with van der Waals surface area (Å²) in [4.78, 5) is 13.4. The topological polar surface area (TPSA) is 62.1 Å². The molecule has 0 radical (unpaired) electrons. The molecule has 0 atom stereocenters. The molecule has 9 heteroatoms.